The van der Waals surface area contributed by atoms with Crippen LogP contribution in [0, 0.1) is 0 Å². The summed E-state index contributed by atoms with van der Waals surface area (Å²) in [7, 11) is 0. The number of hydrogen-bond donors (Lipinski definition) is 0. The molecule has 0 heterocycles. The van der Waals surface area contributed by atoms with Crippen molar-refractivity contribution in [1.82, 2.24) is 0 Å². The van der Waals surface area contributed by atoms with Crippen molar-refractivity contribution in [2.24, 2.45) is 0 Å². The van der Waals surface area contributed by atoms with Gasteiger partial charge in [0.15, 0.2) is 5.78 Å². The summed E-state index contributed by atoms with van der Waals surface area (Å²) in [4.78, 5) is 10.5. The largest absolute Gasteiger partial charge is 0.295 e. The van der Waals surface area contributed by atoms with Crippen molar-refractivity contribution < 1.29 is 4.79 Å². The second-order valence-electron chi connectivity index (χ2n) is 3.18. The molecule has 0 saturated heterocycles. The van der Waals surface area contributed by atoms with E-state index in [0.29, 0.717) is 0 Å². The first-order valence-electron chi connectivity index (χ1n) is 4.62. The van der Waals surface area contributed by atoms with Crippen LogP contribution >= 0.6 is 0 Å². The number of rotatable bonds is 2. The standard InChI is InChI=1S/C7H12O.C4H10/c1-5(2)6(3)7(4)8;1-3-4-2/h1-4H3;3-4H2,1-2H3. The number of allylic oxidation sites excluding steroid dienone is 2. The summed E-state index contributed by atoms with van der Waals surface area (Å²) in [5.41, 5.74) is 1.99. The lowest BCUT2D eigenvalue weighted by Crippen LogP contribution is -1.92. The van der Waals surface area contributed by atoms with Crippen LogP contribution in [-0.4, -0.2) is 5.78 Å². The highest BCUT2D eigenvalue weighted by Crippen LogP contribution is 2.01. The monoisotopic (exact) mass is 170 g/mol. The van der Waals surface area contributed by atoms with E-state index in [2.05, 4.69) is 13.8 Å². The van der Waals surface area contributed by atoms with Crippen molar-refractivity contribution in [3.8, 4) is 0 Å². The van der Waals surface area contributed by atoms with E-state index in [4.69, 9.17) is 0 Å². The highest BCUT2D eigenvalue weighted by molar-refractivity contribution is 5.93. The van der Waals surface area contributed by atoms with Gasteiger partial charge in [-0.05, 0) is 33.3 Å². The number of ketones is 1. The van der Waals surface area contributed by atoms with Crippen molar-refractivity contribution >= 4 is 5.78 Å². The molecule has 1 heteroatoms. The maximum atomic E-state index is 10.5. The third-order valence-corrected chi connectivity index (χ3v) is 1.78. The molecule has 0 radical (unpaired) electrons. The van der Waals surface area contributed by atoms with Gasteiger partial charge in [0.25, 0.3) is 0 Å². The minimum absolute atomic E-state index is 0.171. The Labute approximate surface area is 76.9 Å². The summed E-state index contributed by atoms with van der Waals surface area (Å²) in [6.45, 7) is 11.7. The van der Waals surface area contributed by atoms with Crippen LogP contribution in [0.25, 0.3) is 0 Å². The van der Waals surface area contributed by atoms with Gasteiger partial charge in [-0.2, -0.15) is 0 Å². The molecule has 0 amide bonds. The SMILES string of the molecule is CC(=O)C(C)=C(C)C.CCCC. The van der Waals surface area contributed by atoms with E-state index in [1.165, 1.54) is 12.8 Å². The van der Waals surface area contributed by atoms with Gasteiger partial charge in [0.05, 0.1) is 0 Å². The first kappa shape index (κ1) is 14.0. The fourth-order valence-corrected chi connectivity index (χ4v) is 0.352. The van der Waals surface area contributed by atoms with Gasteiger partial charge >= 0.3 is 0 Å². The van der Waals surface area contributed by atoms with Gasteiger partial charge in [0.2, 0.25) is 0 Å². The molecule has 0 aromatic rings. The summed E-state index contributed by atoms with van der Waals surface area (Å²) >= 11 is 0. The van der Waals surface area contributed by atoms with E-state index in [0.717, 1.165) is 11.1 Å². The van der Waals surface area contributed by atoms with Crippen molar-refractivity contribution in [3.63, 3.8) is 0 Å². The molecule has 0 aromatic heterocycles. The lowest BCUT2D eigenvalue weighted by Gasteiger charge is -1.94. The molecule has 0 spiro atoms. The van der Waals surface area contributed by atoms with E-state index >= 15 is 0 Å². The Morgan fingerprint density at radius 3 is 1.25 bits per heavy atom. The van der Waals surface area contributed by atoms with Crippen LogP contribution in [0.1, 0.15) is 54.4 Å². The highest BCUT2D eigenvalue weighted by Gasteiger charge is 1.95. The van der Waals surface area contributed by atoms with E-state index in [1.807, 2.05) is 20.8 Å². The predicted octanol–water partition coefficient (Wildman–Crippen LogP) is 3.74. The summed E-state index contributed by atoms with van der Waals surface area (Å²) in [5.74, 6) is 0.171. The number of Topliss-reactive ketones (excluding diaryl/α,β-unsaturated/α-hetero) is 1. The predicted molar refractivity (Wildman–Crippen MR) is 55.3 cm³/mol. The Bertz CT molecular complexity index is 148. The molecule has 0 bridgehead atoms. The molecular weight excluding hydrogens is 148 g/mol. The summed E-state index contributed by atoms with van der Waals surface area (Å²) < 4.78 is 0. The first-order chi connectivity index (χ1) is 5.47. The molecule has 0 fully saturated rings. The van der Waals surface area contributed by atoms with Crippen LogP contribution in [0.4, 0.5) is 0 Å². The molecular formula is C11H22O. The van der Waals surface area contributed by atoms with Gasteiger partial charge < -0.3 is 0 Å². The Kier molecular flexibility index (Phi) is 9.90. The summed E-state index contributed by atoms with van der Waals surface area (Å²) in [6, 6.07) is 0. The second-order valence-corrected chi connectivity index (χ2v) is 3.18. The first-order valence-corrected chi connectivity index (χ1v) is 4.62. The molecule has 0 saturated carbocycles. The third kappa shape index (κ3) is 9.41. The molecule has 0 aliphatic heterocycles. The Balaban J connectivity index is 0. The van der Waals surface area contributed by atoms with E-state index < -0.39 is 0 Å². The third-order valence-electron chi connectivity index (χ3n) is 1.78. The minimum atomic E-state index is 0.171. The van der Waals surface area contributed by atoms with Gasteiger partial charge in [0, 0.05) is 0 Å². The zero-order chi connectivity index (χ0) is 10.1. The number of unbranched alkanes of at least 4 members (excludes halogenated alkanes) is 1. The average Bonchev–Trinajstić information content (AvgIpc) is 2.03. The van der Waals surface area contributed by atoms with Gasteiger partial charge in [-0.3, -0.25) is 4.79 Å². The maximum Gasteiger partial charge on any atom is 0.155 e. The topological polar surface area (TPSA) is 17.1 Å². The van der Waals surface area contributed by atoms with Gasteiger partial charge in [-0.25, -0.2) is 0 Å². The van der Waals surface area contributed by atoms with E-state index in [-0.39, 0.29) is 5.78 Å². The number of carbonyl (C=O) groups excluding carboxylic acids is 1. The zero-order valence-electron chi connectivity index (χ0n) is 9.32. The average molecular weight is 170 g/mol. The molecule has 12 heavy (non-hydrogen) atoms. The maximum absolute atomic E-state index is 10.5. The second kappa shape index (κ2) is 8.51. The Morgan fingerprint density at radius 2 is 1.25 bits per heavy atom. The lowest BCUT2D eigenvalue weighted by atomic mass is 10.1. The molecule has 0 atom stereocenters. The highest BCUT2D eigenvalue weighted by atomic mass is 16.1. The molecule has 72 valence electrons. The fourth-order valence-electron chi connectivity index (χ4n) is 0.352. The molecule has 0 aliphatic rings. The van der Waals surface area contributed by atoms with Crippen LogP contribution in [-0.2, 0) is 4.79 Å². The molecule has 0 aromatic carbocycles. The van der Waals surface area contributed by atoms with Crippen molar-refractivity contribution in [1.29, 1.82) is 0 Å². The summed E-state index contributed by atoms with van der Waals surface area (Å²) in [5, 5.41) is 0. The Morgan fingerprint density at radius 1 is 0.917 bits per heavy atom. The fraction of sp³-hybridized carbons (Fsp3) is 0.727. The number of carbonyl (C=O) groups is 1. The number of hydrogen-bond acceptors (Lipinski definition) is 1. The van der Waals surface area contributed by atoms with Gasteiger partial charge in [-0.1, -0.05) is 32.3 Å². The molecule has 0 unspecified atom stereocenters. The van der Waals surface area contributed by atoms with Crippen LogP contribution in [0.15, 0.2) is 11.1 Å². The normalized spacial score (nSPS) is 8.17. The Hall–Kier alpha value is -0.590. The lowest BCUT2D eigenvalue weighted by molar-refractivity contribution is -0.113. The summed E-state index contributed by atoms with van der Waals surface area (Å²) in [6.07, 6.45) is 2.64. The molecule has 0 aliphatic carbocycles. The van der Waals surface area contributed by atoms with Crippen molar-refractivity contribution in [2.75, 3.05) is 0 Å². The zero-order valence-corrected chi connectivity index (χ0v) is 9.32. The van der Waals surface area contributed by atoms with Gasteiger partial charge in [-0.15, -0.1) is 0 Å². The van der Waals surface area contributed by atoms with Crippen molar-refractivity contribution in [2.45, 2.75) is 54.4 Å². The van der Waals surface area contributed by atoms with Crippen LogP contribution in [0.5, 0.6) is 0 Å². The van der Waals surface area contributed by atoms with E-state index in [9.17, 15) is 4.79 Å². The molecule has 0 rings (SSSR count). The smallest absolute Gasteiger partial charge is 0.155 e. The van der Waals surface area contributed by atoms with Crippen LogP contribution in [0.2, 0.25) is 0 Å². The van der Waals surface area contributed by atoms with Crippen LogP contribution in [0.3, 0.4) is 0 Å². The van der Waals surface area contributed by atoms with Crippen molar-refractivity contribution in [3.05, 3.63) is 11.1 Å². The molecule has 1 nitrogen and oxygen atoms in total. The van der Waals surface area contributed by atoms with E-state index in [1.54, 1.807) is 6.92 Å². The van der Waals surface area contributed by atoms with Gasteiger partial charge in [0.1, 0.15) is 0 Å². The molecule has 0 N–H and O–H groups in total. The quantitative estimate of drug-likeness (QED) is 0.577. The minimum Gasteiger partial charge on any atom is -0.295 e. The van der Waals surface area contributed by atoms with Crippen LogP contribution < -0.4 is 0 Å².